The van der Waals surface area contributed by atoms with Crippen molar-refractivity contribution in [2.24, 2.45) is 11.8 Å². The zero-order chi connectivity index (χ0) is 18.9. The first-order valence-electron chi connectivity index (χ1n) is 9.45. The van der Waals surface area contributed by atoms with Crippen LogP contribution in [0.25, 0.3) is 0 Å². The molecule has 2 aromatic carbocycles. The zero-order valence-corrected chi connectivity index (χ0v) is 17.2. The Morgan fingerprint density at radius 1 is 0.692 bits per heavy atom. The average molecular weight is 374 g/mol. The molecule has 0 heterocycles. The van der Waals surface area contributed by atoms with Crippen LogP contribution in [0.4, 0.5) is 0 Å². The van der Waals surface area contributed by atoms with Gasteiger partial charge in [-0.15, -0.1) is 0 Å². The summed E-state index contributed by atoms with van der Waals surface area (Å²) in [5.74, 6) is 2.64. The summed E-state index contributed by atoms with van der Waals surface area (Å²) in [7, 11) is -1.99. The van der Waals surface area contributed by atoms with Crippen LogP contribution in [0.15, 0.2) is 48.5 Å². The fraction of sp³-hybridized carbons (Fsp3) is 0.455. The van der Waals surface area contributed by atoms with Crippen LogP contribution in [0.2, 0.25) is 0 Å². The van der Waals surface area contributed by atoms with Crippen LogP contribution in [-0.4, -0.2) is 4.89 Å². The summed E-state index contributed by atoms with van der Waals surface area (Å²) in [6, 6.07) is 15.7. The average Bonchev–Trinajstić information content (AvgIpc) is 2.60. The lowest BCUT2D eigenvalue weighted by Crippen LogP contribution is -1.96. The van der Waals surface area contributed by atoms with Crippen molar-refractivity contribution >= 4 is 8.60 Å². The molecule has 2 aromatic rings. The van der Waals surface area contributed by atoms with Gasteiger partial charge in [0, 0.05) is 0 Å². The first kappa shape index (κ1) is 20.7. The highest BCUT2D eigenvalue weighted by atomic mass is 31.2. The van der Waals surface area contributed by atoms with E-state index in [0.29, 0.717) is 23.3 Å². The van der Waals surface area contributed by atoms with Crippen molar-refractivity contribution < 1.29 is 13.9 Å². The topological polar surface area (TPSA) is 38.7 Å². The molecular formula is C22H31O3P. The van der Waals surface area contributed by atoms with E-state index in [1.54, 1.807) is 0 Å². The summed E-state index contributed by atoms with van der Waals surface area (Å²) in [6.45, 7) is 8.91. The molecule has 0 amide bonds. The third kappa shape index (κ3) is 7.76. The summed E-state index contributed by atoms with van der Waals surface area (Å²) in [5.41, 5.74) is 2.57. The lowest BCUT2D eigenvalue weighted by atomic mass is 10.0. The van der Waals surface area contributed by atoms with Gasteiger partial charge >= 0.3 is 8.60 Å². The molecule has 142 valence electrons. The molecule has 2 rings (SSSR count). The molecule has 0 saturated carbocycles. The summed E-state index contributed by atoms with van der Waals surface area (Å²) >= 11 is 0. The van der Waals surface area contributed by atoms with Crippen molar-refractivity contribution in [1.82, 2.24) is 0 Å². The van der Waals surface area contributed by atoms with Crippen molar-refractivity contribution in [3.8, 4) is 11.5 Å². The molecule has 4 heteroatoms. The van der Waals surface area contributed by atoms with E-state index in [0.717, 1.165) is 12.8 Å². The standard InChI is InChI=1S/C22H31O3P/c1-17(2)5-7-19-9-13-21(14-10-19)24-26(23)25-22-15-11-20(12-16-22)8-6-18(3)4/h9-18,23H,5-8H2,1-4H3. The zero-order valence-electron chi connectivity index (χ0n) is 16.3. The molecule has 0 spiro atoms. The van der Waals surface area contributed by atoms with E-state index in [-0.39, 0.29) is 0 Å². The molecule has 0 aromatic heterocycles. The minimum atomic E-state index is -1.99. The largest absolute Gasteiger partial charge is 0.460 e. The monoisotopic (exact) mass is 374 g/mol. The Balaban J connectivity index is 1.81. The summed E-state index contributed by atoms with van der Waals surface area (Å²) in [6.07, 6.45) is 4.46. The Bertz CT molecular complexity index is 578. The van der Waals surface area contributed by atoms with Crippen molar-refractivity contribution in [3.05, 3.63) is 59.7 Å². The molecule has 1 N–H and O–H groups in total. The van der Waals surface area contributed by atoms with Gasteiger partial charge in [0.15, 0.2) is 0 Å². The van der Waals surface area contributed by atoms with Crippen LogP contribution >= 0.6 is 8.60 Å². The number of benzene rings is 2. The van der Waals surface area contributed by atoms with Gasteiger partial charge < -0.3 is 13.9 Å². The van der Waals surface area contributed by atoms with Crippen molar-refractivity contribution in [3.63, 3.8) is 0 Å². The quantitative estimate of drug-likeness (QED) is 0.480. The Morgan fingerprint density at radius 2 is 1.04 bits per heavy atom. The molecule has 0 bridgehead atoms. The highest BCUT2D eigenvalue weighted by Gasteiger charge is 2.11. The number of hydrogen-bond acceptors (Lipinski definition) is 3. The number of hydrogen-bond donors (Lipinski definition) is 1. The number of rotatable bonds is 10. The predicted molar refractivity (Wildman–Crippen MR) is 110 cm³/mol. The van der Waals surface area contributed by atoms with E-state index in [1.165, 1.54) is 24.0 Å². The van der Waals surface area contributed by atoms with E-state index in [2.05, 4.69) is 27.7 Å². The van der Waals surface area contributed by atoms with E-state index in [1.807, 2.05) is 48.5 Å². The molecule has 26 heavy (non-hydrogen) atoms. The Kier molecular flexibility index (Phi) is 8.41. The smallest absolute Gasteiger partial charge is 0.418 e. The predicted octanol–water partition coefficient (Wildman–Crippen LogP) is 6.54. The number of aryl methyl sites for hydroxylation is 2. The second-order valence-corrected chi connectivity index (χ2v) is 8.41. The minimum Gasteiger partial charge on any atom is -0.418 e. The molecule has 0 aliphatic heterocycles. The minimum absolute atomic E-state index is 0.625. The first-order valence-corrected chi connectivity index (χ1v) is 10.6. The van der Waals surface area contributed by atoms with E-state index >= 15 is 0 Å². The molecule has 0 saturated heterocycles. The molecule has 0 atom stereocenters. The van der Waals surface area contributed by atoms with Crippen LogP contribution in [0, 0.1) is 11.8 Å². The van der Waals surface area contributed by atoms with Crippen LogP contribution < -0.4 is 9.05 Å². The van der Waals surface area contributed by atoms with Crippen LogP contribution in [0.3, 0.4) is 0 Å². The first-order chi connectivity index (χ1) is 12.4. The highest BCUT2D eigenvalue weighted by Crippen LogP contribution is 2.36. The van der Waals surface area contributed by atoms with Gasteiger partial charge in [0.25, 0.3) is 0 Å². The molecule has 0 aliphatic carbocycles. The highest BCUT2D eigenvalue weighted by molar-refractivity contribution is 7.41. The molecule has 3 nitrogen and oxygen atoms in total. The fourth-order valence-electron chi connectivity index (χ4n) is 2.54. The fourth-order valence-corrected chi connectivity index (χ4v) is 3.19. The normalized spacial score (nSPS) is 11.4. The van der Waals surface area contributed by atoms with Gasteiger partial charge in [0.2, 0.25) is 0 Å². The van der Waals surface area contributed by atoms with Crippen molar-refractivity contribution in [2.75, 3.05) is 0 Å². The maximum Gasteiger partial charge on any atom is 0.460 e. The summed E-state index contributed by atoms with van der Waals surface area (Å²) < 4.78 is 11.0. The summed E-state index contributed by atoms with van der Waals surface area (Å²) in [4.78, 5) is 10.1. The molecule has 0 fully saturated rings. The summed E-state index contributed by atoms with van der Waals surface area (Å²) in [5, 5.41) is 0. The van der Waals surface area contributed by atoms with Gasteiger partial charge in [-0.3, -0.25) is 0 Å². The third-order valence-corrected chi connectivity index (χ3v) is 4.97. The lowest BCUT2D eigenvalue weighted by molar-refractivity contribution is 0.381. The Labute approximate surface area is 159 Å². The van der Waals surface area contributed by atoms with Gasteiger partial charge in [-0.1, -0.05) is 52.0 Å². The second-order valence-electron chi connectivity index (χ2n) is 7.57. The Hall–Kier alpha value is -1.57. The van der Waals surface area contributed by atoms with Gasteiger partial charge in [-0.2, -0.15) is 0 Å². The van der Waals surface area contributed by atoms with Gasteiger partial charge in [0.1, 0.15) is 11.5 Å². The lowest BCUT2D eigenvalue weighted by Gasteiger charge is -2.13. The third-order valence-electron chi connectivity index (χ3n) is 4.23. The van der Waals surface area contributed by atoms with Gasteiger partial charge in [-0.05, 0) is 72.9 Å². The van der Waals surface area contributed by atoms with E-state index in [4.69, 9.17) is 9.05 Å². The van der Waals surface area contributed by atoms with E-state index < -0.39 is 8.60 Å². The van der Waals surface area contributed by atoms with Gasteiger partial charge in [0.05, 0.1) is 0 Å². The maximum atomic E-state index is 10.1. The molecule has 0 unspecified atom stereocenters. The van der Waals surface area contributed by atoms with E-state index in [9.17, 15) is 4.89 Å². The van der Waals surface area contributed by atoms with Crippen LogP contribution in [-0.2, 0) is 12.8 Å². The second kappa shape index (κ2) is 10.5. The van der Waals surface area contributed by atoms with Crippen molar-refractivity contribution in [2.45, 2.75) is 53.4 Å². The molecule has 0 aliphatic rings. The van der Waals surface area contributed by atoms with Gasteiger partial charge in [-0.25, -0.2) is 0 Å². The van der Waals surface area contributed by atoms with Crippen LogP contribution in [0.1, 0.15) is 51.7 Å². The molecule has 0 radical (unpaired) electrons. The van der Waals surface area contributed by atoms with Crippen molar-refractivity contribution in [1.29, 1.82) is 0 Å². The van der Waals surface area contributed by atoms with Crippen LogP contribution in [0.5, 0.6) is 11.5 Å². The maximum absolute atomic E-state index is 10.1. The SMILES string of the molecule is CC(C)CCc1ccc(OP(O)Oc2ccc(CCC(C)C)cc2)cc1. The molecular weight excluding hydrogens is 343 g/mol. The Morgan fingerprint density at radius 3 is 1.35 bits per heavy atom.